The third kappa shape index (κ3) is 5.72. The second-order valence-electron chi connectivity index (χ2n) is 5.09. The number of nitrogens with zero attached hydrogens (tertiary/aromatic N) is 1. The summed E-state index contributed by atoms with van der Waals surface area (Å²) in [5, 5.41) is 5.17. The van der Waals surface area contributed by atoms with Crippen molar-refractivity contribution in [1.29, 1.82) is 0 Å². The maximum absolute atomic E-state index is 11.8. The highest BCUT2D eigenvalue weighted by molar-refractivity contribution is 6.35. The first-order valence-corrected chi connectivity index (χ1v) is 7.86. The Hall–Kier alpha value is -2.89. The lowest BCUT2D eigenvalue weighted by Crippen LogP contribution is -2.40. The van der Waals surface area contributed by atoms with E-state index in [1.165, 1.54) is 0 Å². The van der Waals surface area contributed by atoms with Gasteiger partial charge in [-0.3, -0.25) is 14.6 Å². The molecule has 6 heteroatoms. The molecule has 0 radical (unpaired) electrons. The van der Waals surface area contributed by atoms with Crippen LogP contribution in [0.15, 0.2) is 48.7 Å². The zero-order chi connectivity index (χ0) is 17.2. The lowest BCUT2D eigenvalue weighted by molar-refractivity contribution is -0.139. The molecular weight excluding hydrogens is 306 g/mol. The minimum atomic E-state index is -0.648. The molecule has 0 atom stereocenters. The first-order chi connectivity index (χ1) is 11.7. The van der Waals surface area contributed by atoms with E-state index in [4.69, 9.17) is 4.74 Å². The number of ether oxygens (including phenoxy) is 1. The normalized spacial score (nSPS) is 10.0. The van der Waals surface area contributed by atoms with Gasteiger partial charge in [0.25, 0.3) is 0 Å². The fraction of sp³-hybridized carbons (Fsp3) is 0.278. The van der Waals surface area contributed by atoms with Gasteiger partial charge in [-0.15, -0.1) is 0 Å². The first kappa shape index (κ1) is 17.5. The van der Waals surface area contributed by atoms with Crippen molar-refractivity contribution >= 4 is 11.8 Å². The van der Waals surface area contributed by atoms with Crippen molar-refractivity contribution in [2.75, 3.05) is 13.2 Å². The number of aromatic nitrogens is 1. The Kier molecular flexibility index (Phi) is 6.76. The van der Waals surface area contributed by atoms with Gasteiger partial charge in [-0.2, -0.15) is 0 Å². The molecule has 0 saturated heterocycles. The van der Waals surface area contributed by atoms with Gasteiger partial charge in [0.05, 0.1) is 6.61 Å². The minimum absolute atomic E-state index is 0.291. The minimum Gasteiger partial charge on any atom is -0.494 e. The summed E-state index contributed by atoms with van der Waals surface area (Å²) in [6.45, 7) is 3.18. The lowest BCUT2D eigenvalue weighted by atomic mass is 10.2. The van der Waals surface area contributed by atoms with Crippen LogP contribution < -0.4 is 15.4 Å². The molecule has 2 N–H and O–H groups in total. The summed E-state index contributed by atoms with van der Waals surface area (Å²) in [5.74, 6) is -0.512. The average Bonchev–Trinajstić information content (AvgIpc) is 2.62. The molecule has 0 aliphatic carbocycles. The van der Waals surface area contributed by atoms with Crippen LogP contribution in [0.5, 0.6) is 5.75 Å². The number of rotatable bonds is 7. The van der Waals surface area contributed by atoms with Gasteiger partial charge in [-0.05, 0) is 36.8 Å². The molecule has 0 aliphatic heterocycles. The first-order valence-electron chi connectivity index (χ1n) is 7.86. The third-order valence-corrected chi connectivity index (χ3v) is 3.29. The van der Waals surface area contributed by atoms with Crippen molar-refractivity contribution in [3.63, 3.8) is 0 Å². The molecule has 2 aromatic rings. The van der Waals surface area contributed by atoms with E-state index >= 15 is 0 Å². The molecule has 2 amide bonds. The Labute approximate surface area is 141 Å². The molecule has 0 bridgehead atoms. The highest BCUT2D eigenvalue weighted by atomic mass is 16.5. The Bertz CT molecular complexity index is 657. The highest BCUT2D eigenvalue weighted by Crippen LogP contribution is 2.11. The molecule has 1 aromatic carbocycles. The van der Waals surface area contributed by atoms with E-state index in [2.05, 4.69) is 15.6 Å². The molecule has 1 heterocycles. The number of nitrogens with one attached hydrogen (secondary N) is 2. The van der Waals surface area contributed by atoms with Crippen molar-refractivity contribution in [2.24, 2.45) is 0 Å². The van der Waals surface area contributed by atoms with Crippen molar-refractivity contribution in [2.45, 2.75) is 19.9 Å². The molecule has 0 unspecified atom stereocenters. The largest absolute Gasteiger partial charge is 0.494 e. The molecule has 126 valence electrons. The van der Waals surface area contributed by atoms with Crippen LogP contribution in [-0.2, 0) is 22.6 Å². The van der Waals surface area contributed by atoms with Crippen LogP contribution in [0, 0.1) is 0 Å². The molecule has 0 spiro atoms. The number of carbonyl (C=O) groups excluding carboxylic acids is 2. The molecule has 2 rings (SSSR count). The second-order valence-corrected chi connectivity index (χ2v) is 5.09. The molecule has 0 fully saturated rings. The quantitative estimate of drug-likeness (QED) is 0.755. The molecule has 24 heavy (non-hydrogen) atoms. The zero-order valence-electron chi connectivity index (χ0n) is 13.6. The fourth-order valence-corrected chi connectivity index (χ4v) is 2.06. The summed E-state index contributed by atoms with van der Waals surface area (Å²) in [6, 6.07) is 13.0. The predicted molar refractivity (Wildman–Crippen MR) is 90.4 cm³/mol. The van der Waals surface area contributed by atoms with Gasteiger partial charge in [-0.1, -0.05) is 18.2 Å². The van der Waals surface area contributed by atoms with Crippen LogP contribution in [0.1, 0.15) is 18.2 Å². The Morgan fingerprint density at radius 2 is 1.79 bits per heavy atom. The highest BCUT2D eigenvalue weighted by Gasteiger charge is 2.12. The summed E-state index contributed by atoms with van der Waals surface area (Å²) < 4.78 is 5.35. The van der Waals surface area contributed by atoms with Gasteiger partial charge in [0.1, 0.15) is 5.75 Å². The maximum atomic E-state index is 11.8. The van der Waals surface area contributed by atoms with Gasteiger partial charge >= 0.3 is 11.8 Å². The lowest BCUT2D eigenvalue weighted by Gasteiger charge is -2.07. The van der Waals surface area contributed by atoms with E-state index in [1.807, 2.05) is 49.4 Å². The third-order valence-electron chi connectivity index (χ3n) is 3.29. The van der Waals surface area contributed by atoms with E-state index in [0.29, 0.717) is 26.1 Å². The molecular formula is C18H21N3O3. The van der Waals surface area contributed by atoms with Crippen LogP contribution in [-0.4, -0.2) is 29.9 Å². The summed E-state index contributed by atoms with van der Waals surface area (Å²) in [4.78, 5) is 27.6. The summed E-state index contributed by atoms with van der Waals surface area (Å²) in [5.41, 5.74) is 1.76. The number of benzene rings is 1. The van der Waals surface area contributed by atoms with Crippen LogP contribution in [0.2, 0.25) is 0 Å². The molecule has 1 aromatic heterocycles. The van der Waals surface area contributed by atoms with Crippen LogP contribution >= 0.6 is 0 Å². The number of carbonyl (C=O) groups is 2. The monoisotopic (exact) mass is 327 g/mol. The van der Waals surface area contributed by atoms with Crippen LogP contribution in [0.4, 0.5) is 0 Å². The van der Waals surface area contributed by atoms with Gasteiger partial charge in [-0.25, -0.2) is 0 Å². The molecule has 0 aliphatic rings. The molecule has 6 nitrogen and oxygen atoms in total. The number of pyridine rings is 1. The topological polar surface area (TPSA) is 80.3 Å². The van der Waals surface area contributed by atoms with E-state index in [9.17, 15) is 9.59 Å². The van der Waals surface area contributed by atoms with Gasteiger partial charge in [0, 0.05) is 31.4 Å². The van der Waals surface area contributed by atoms with Crippen LogP contribution in [0.3, 0.4) is 0 Å². The van der Waals surface area contributed by atoms with Crippen LogP contribution in [0.25, 0.3) is 0 Å². The van der Waals surface area contributed by atoms with Crippen molar-refractivity contribution < 1.29 is 14.3 Å². The van der Waals surface area contributed by atoms with Gasteiger partial charge in [0.2, 0.25) is 0 Å². The Balaban J connectivity index is 1.70. The van der Waals surface area contributed by atoms with E-state index in [1.54, 1.807) is 6.20 Å². The van der Waals surface area contributed by atoms with E-state index in [-0.39, 0.29) is 0 Å². The maximum Gasteiger partial charge on any atom is 0.309 e. The summed E-state index contributed by atoms with van der Waals surface area (Å²) >= 11 is 0. The SMILES string of the molecule is CCOc1ccc(CNC(=O)C(=O)NCCc2ccccn2)cc1. The van der Waals surface area contributed by atoms with E-state index < -0.39 is 11.8 Å². The van der Waals surface area contributed by atoms with Crippen molar-refractivity contribution in [3.8, 4) is 5.75 Å². The second kappa shape index (κ2) is 9.29. The average molecular weight is 327 g/mol. The van der Waals surface area contributed by atoms with Crippen molar-refractivity contribution in [3.05, 3.63) is 59.9 Å². The van der Waals surface area contributed by atoms with Gasteiger partial charge in [0.15, 0.2) is 0 Å². The standard InChI is InChI=1S/C18H21N3O3/c1-2-24-16-8-6-14(7-9-16)13-21-18(23)17(22)20-12-10-15-5-3-4-11-19-15/h3-9,11H,2,10,12-13H2,1H3,(H,20,22)(H,21,23). The summed E-state index contributed by atoms with van der Waals surface area (Å²) in [6.07, 6.45) is 2.28. The number of amides is 2. The Morgan fingerprint density at radius 1 is 1.04 bits per heavy atom. The number of hydrogen-bond acceptors (Lipinski definition) is 4. The van der Waals surface area contributed by atoms with Crippen molar-refractivity contribution in [1.82, 2.24) is 15.6 Å². The number of hydrogen-bond donors (Lipinski definition) is 2. The molecule has 0 saturated carbocycles. The van der Waals surface area contributed by atoms with Gasteiger partial charge < -0.3 is 15.4 Å². The smallest absolute Gasteiger partial charge is 0.309 e. The Morgan fingerprint density at radius 3 is 2.46 bits per heavy atom. The fourth-order valence-electron chi connectivity index (χ4n) is 2.06. The summed E-state index contributed by atoms with van der Waals surface area (Å²) in [7, 11) is 0. The predicted octanol–water partition coefficient (Wildman–Crippen LogP) is 1.46. The zero-order valence-corrected chi connectivity index (χ0v) is 13.6. The van der Waals surface area contributed by atoms with E-state index in [0.717, 1.165) is 17.0 Å².